The van der Waals surface area contributed by atoms with Gasteiger partial charge in [-0.25, -0.2) is 4.39 Å². The molecule has 1 atom stereocenters. The van der Waals surface area contributed by atoms with Gasteiger partial charge in [-0.05, 0) is 56.3 Å². The third kappa shape index (κ3) is 8.06. The lowest BCUT2D eigenvalue weighted by atomic mass is 9.96. The average molecular weight is 562 g/mol. The van der Waals surface area contributed by atoms with Crippen LogP contribution in [0.15, 0.2) is 42.5 Å². The molecule has 2 aromatic carbocycles. The molecule has 0 aromatic heterocycles. The molecule has 2 fully saturated rings. The number of para-hydroxylation sites is 1. The third-order valence-corrected chi connectivity index (χ3v) is 7.62. The number of rotatable bonds is 10. The van der Waals surface area contributed by atoms with E-state index in [1.807, 2.05) is 24.9 Å². The topological polar surface area (TPSA) is 71.6 Å². The van der Waals surface area contributed by atoms with Crippen LogP contribution in [0.2, 0.25) is 5.02 Å². The third-order valence-electron chi connectivity index (χ3n) is 7.19. The molecule has 2 aliphatic heterocycles. The Kier molecular flexibility index (Phi) is 10.0. The van der Waals surface area contributed by atoms with Gasteiger partial charge in [-0.2, -0.15) is 0 Å². The first-order chi connectivity index (χ1) is 18.7. The van der Waals surface area contributed by atoms with E-state index in [1.165, 1.54) is 6.07 Å². The number of carbonyl (C=O) groups excluding carboxylic acids is 2. The van der Waals surface area contributed by atoms with Gasteiger partial charge in [0.05, 0.1) is 26.2 Å². The number of hydrogen-bond donors (Lipinski definition) is 0. The minimum atomic E-state index is -0.981. The molecule has 2 aliphatic rings. The summed E-state index contributed by atoms with van der Waals surface area (Å²) in [4.78, 5) is 32.3. The minimum Gasteiger partial charge on any atom is -0.491 e. The van der Waals surface area contributed by atoms with E-state index in [0.29, 0.717) is 43.4 Å². The second kappa shape index (κ2) is 13.5. The highest BCUT2D eigenvalue weighted by Gasteiger charge is 2.42. The number of nitrogens with zero attached hydrogens (tertiary/aromatic N) is 3. The maximum absolute atomic E-state index is 13.8. The summed E-state index contributed by atoms with van der Waals surface area (Å²) >= 11 is 6.17. The van der Waals surface area contributed by atoms with Crippen molar-refractivity contribution in [3.8, 4) is 11.5 Å². The van der Waals surface area contributed by atoms with Gasteiger partial charge < -0.3 is 28.9 Å². The smallest absolute Gasteiger partial charge is 0.225 e. The number of benzene rings is 2. The van der Waals surface area contributed by atoms with Crippen molar-refractivity contribution >= 4 is 23.4 Å². The van der Waals surface area contributed by atoms with Gasteiger partial charge in [0.25, 0.3) is 0 Å². The normalized spacial score (nSPS) is 20.1. The number of amides is 2. The monoisotopic (exact) mass is 561 g/mol. The van der Waals surface area contributed by atoms with E-state index in [9.17, 15) is 14.0 Å². The molecule has 2 amide bonds. The predicted molar refractivity (Wildman–Crippen MR) is 147 cm³/mol. The highest BCUT2D eigenvalue weighted by Crippen LogP contribution is 2.28. The van der Waals surface area contributed by atoms with E-state index in [0.717, 1.165) is 18.7 Å². The zero-order valence-electron chi connectivity index (χ0n) is 22.7. The Balaban J connectivity index is 1.39. The molecule has 0 aliphatic carbocycles. The molecule has 4 rings (SSSR count). The van der Waals surface area contributed by atoms with E-state index >= 15 is 0 Å². The quantitative estimate of drug-likeness (QED) is 0.411. The zero-order valence-corrected chi connectivity index (χ0v) is 23.4. The fraction of sp³-hybridized carbons (Fsp3) is 0.517. The molecule has 0 N–H and O–H groups in total. The Morgan fingerprint density at radius 1 is 1.03 bits per heavy atom. The van der Waals surface area contributed by atoms with E-state index in [1.54, 1.807) is 35.2 Å². The van der Waals surface area contributed by atoms with Gasteiger partial charge in [-0.1, -0.05) is 23.7 Å². The van der Waals surface area contributed by atoms with Crippen molar-refractivity contribution in [1.29, 1.82) is 0 Å². The standard InChI is InChI=1S/C29H37ClFN3O5/c1-22-18-23(9-10-24(22)30)38-21-29(19-28(36)33-13-11-32(2)12-14-33)20-34(15-17-39-29)27(35)8-5-16-37-26-7-4-3-6-25(26)31/h3-4,6-7,9-10,18H,5,8,11-17,19-21H2,1-2H3. The Labute approximate surface area is 234 Å². The second-order valence-electron chi connectivity index (χ2n) is 10.3. The van der Waals surface area contributed by atoms with Crippen LogP contribution in [0.25, 0.3) is 0 Å². The number of halogens is 2. The molecular weight excluding hydrogens is 525 g/mol. The average Bonchev–Trinajstić information content (AvgIpc) is 2.93. The molecule has 10 heteroatoms. The first-order valence-electron chi connectivity index (χ1n) is 13.4. The van der Waals surface area contributed by atoms with Gasteiger partial charge in [-0.15, -0.1) is 0 Å². The lowest BCUT2D eigenvalue weighted by Gasteiger charge is -2.43. The highest BCUT2D eigenvalue weighted by atomic mass is 35.5. The number of ether oxygens (including phenoxy) is 3. The van der Waals surface area contributed by atoms with Gasteiger partial charge in [0, 0.05) is 44.2 Å². The van der Waals surface area contributed by atoms with E-state index in [-0.39, 0.29) is 50.2 Å². The van der Waals surface area contributed by atoms with Crippen molar-refractivity contribution in [2.24, 2.45) is 0 Å². The summed E-state index contributed by atoms with van der Waals surface area (Å²) in [7, 11) is 2.04. The largest absolute Gasteiger partial charge is 0.491 e. The summed E-state index contributed by atoms with van der Waals surface area (Å²) in [6.07, 6.45) is 0.802. The van der Waals surface area contributed by atoms with Crippen LogP contribution in [0.5, 0.6) is 11.5 Å². The fourth-order valence-electron chi connectivity index (χ4n) is 4.79. The van der Waals surface area contributed by atoms with Gasteiger partial charge in [-0.3, -0.25) is 9.59 Å². The molecule has 0 spiro atoms. The Hall–Kier alpha value is -2.88. The summed E-state index contributed by atoms with van der Waals surface area (Å²) in [5.41, 5.74) is -0.0957. The van der Waals surface area contributed by atoms with Crippen LogP contribution in [0.3, 0.4) is 0 Å². The maximum atomic E-state index is 13.8. The fourth-order valence-corrected chi connectivity index (χ4v) is 4.91. The molecule has 2 saturated heterocycles. The number of morpholine rings is 1. The lowest BCUT2D eigenvalue weighted by molar-refractivity contribution is -0.166. The molecule has 2 heterocycles. The molecule has 0 radical (unpaired) electrons. The zero-order chi connectivity index (χ0) is 27.8. The second-order valence-corrected chi connectivity index (χ2v) is 10.7. The van der Waals surface area contributed by atoms with Crippen LogP contribution in [0, 0.1) is 12.7 Å². The molecule has 0 bridgehead atoms. The molecule has 39 heavy (non-hydrogen) atoms. The SMILES string of the molecule is Cc1cc(OCC2(CC(=O)N3CCN(C)CC3)CN(C(=O)CCCOc3ccccc3F)CCO2)ccc1Cl. The van der Waals surface area contributed by atoms with Crippen molar-refractivity contribution in [2.75, 3.05) is 66.1 Å². The molecular formula is C29H37ClFN3O5. The molecule has 8 nitrogen and oxygen atoms in total. The first kappa shape index (κ1) is 29.1. The number of likely N-dealkylation sites (N-methyl/N-ethyl adjacent to an activating group) is 1. The summed E-state index contributed by atoms with van der Waals surface area (Å²) in [6, 6.07) is 11.6. The molecule has 2 aromatic rings. The summed E-state index contributed by atoms with van der Waals surface area (Å²) in [6.45, 7) is 6.17. The highest BCUT2D eigenvalue weighted by molar-refractivity contribution is 6.31. The number of hydrogen-bond acceptors (Lipinski definition) is 6. The van der Waals surface area contributed by atoms with Crippen molar-refractivity contribution < 1.29 is 28.2 Å². The van der Waals surface area contributed by atoms with Crippen LogP contribution < -0.4 is 9.47 Å². The predicted octanol–water partition coefficient (Wildman–Crippen LogP) is 3.79. The molecule has 212 valence electrons. The van der Waals surface area contributed by atoms with Gasteiger partial charge in [0.2, 0.25) is 11.8 Å². The Bertz CT molecular complexity index is 1140. The summed E-state index contributed by atoms with van der Waals surface area (Å²) in [5, 5.41) is 0.645. The Morgan fingerprint density at radius 2 is 1.79 bits per heavy atom. The summed E-state index contributed by atoms with van der Waals surface area (Å²) in [5.74, 6) is 0.302. The van der Waals surface area contributed by atoms with E-state index in [2.05, 4.69) is 4.90 Å². The van der Waals surface area contributed by atoms with Crippen molar-refractivity contribution in [2.45, 2.75) is 31.8 Å². The maximum Gasteiger partial charge on any atom is 0.225 e. The van der Waals surface area contributed by atoms with Crippen molar-refractivity contribution in [3.63, 3.8) is 0 Å². The van der Waals surface area contributed by atoms with Crippen LogP contribution in [-0.2, 0) is 14.3 Å². The van der Waals surface area contributed by atoms with Gasteiger partial charge in [0.1, 0.15) is 18.0 Å². The van der Waals surface area contributed by atoms with Gasteiger partial charge >= 0.3 is 0 Å². The number of piperazine rings is 1. The first-order valence-corrected chi connectivity index (χ1v) is 13.8. The Morgan fingerprint density at radius 3 is 2.54 bits per heavy atom. The van der Waals surface area contributed by atoms with Crippen LogP contribution >= 0.6 is 11.6 Å². The minimum absolute atomic E-state index is 0.00780. The van der Waals surface area contributed by atoms with E-state index < -0.39 is 11.4 Å². The van der Waals surface area contributed by atoms with Crippen LogP contribution in [-0.4, -0.2) is 98.3 Å². The van der Waals surface area contributed by atoms with Crippen LogP contribution in [0.1, 0.15) is 24.8 Å². The molecule has 1 unspecified atom stereocenters. The van der Waals surface area contributed by atoms with Crippen molar-refractivity contribution in [1.82, 2.24) is 14.7 Å². The van der Waals surface area contributed by atoms with Gasteiger partial charge in [0.15, 0.2) is 11.6 Å². The van der Waals surface area contributed by atoms with Crippen molar-refractivity contribution in [3.05, 3.63) is 58.9 Å². The molecule has 0 saturated carbocycles. The lowest BCUT2D eigenvalue weighted by Crippen LogP contribution is -2.59. The summed E-state index contributed by atoms with van der Waals surface area (Å²) < 4.78 is 31.6. The number of aryl methyl sites for hydroxylation is 1. The van der Waals surface area contributed by atoms with E-state index in [4.69, 9.17) is 25.8 Å². The number of carbonyl (C=O) groups is 2. The van der Waals surface area contributed by atoms with Crippen LogP contribution in [0.4, 0.5) is 4.39 Å².